The van der Waals surface area contributed by atoms with Crippen LogP contribution in [0.1, 0.15) is 31.1 Å². The van der Waals surface area contributed by atoms with Gasteiger partial charge in [-0.05, 0) is 51.1 Å². The van der Waals surface area contributed by atoms with Crippen LogP contribution >= 0.6 is 11.8 Å². The first kappa shape index (κ1) is 18.8. The molecule has 0 saturated heterocycles. The summed E-state index contributed by atoms with van der Waals surface area (Å²) in [6.07, 6.45) is 0. The van der Waals surface area contributed by atoms with E-state index in [4.69, 9.17) is 0 Å². The van der Waals surface area contributed by atoms with E-state index in [2.05, 4.69) is 5.32 Å². The molecular weight excluding hydrogens is 368 g/mol. The van der Waals surface area contributed by atoms with E-state index in [0.717, 1.165) is 4.90 Å². The molecular formula is C19H22N2O3S2. The van der Waals surface area contributed by atoms with E-state index >= 15 is 0 Å². The second-order valence-corrected chi connectivity index (χ2v) is 10.1. The van der Waals surface area contributed by atoms with Crippen LogP contribution in [0.2, 0.25) is 0 Å². The van der Waals surface area contributed by atoms with Crippen LogP contribution in [0, 0.1) is 0 Å². The molecule has 0 aromatic heterocycles. The molecule has 0 aliphatic carbocycles. The van der Waals surface area contributed by atoms with Gasteiger partial charge in [0.25, 0.3) is 15.9 Å². The molecule has 0 spiro atoms. The monoisotopic (exact) mass is 390 g/mol. The maximum atomic E-state index is 13.1. The van der Waals surface area contributed by atoms with Crippen LogP contribution in [0.15, 0.2) is 58.3 Å². The molecule has 1 heterocycles. The Hall–Kier alpha value is -1.99. The van der Waals surface area contributed by atoms with Gasteiger partial charge in [-0.2, -0.15) is 0 Å². The second-order valence-electron chi connectivity index (χ2n) is 7.13. The molecule has 1 amide bonds. The van der Waals surface area contributed by atoms with Crippen molar-refractivity contribution in [2.45, 2.75) is 36.1 Å². The number of nitrogens with one attached hydrogen (secondary N) is 1. The Morgan fingerprint density at radius 3 is 2.46 bits per heavy atom. The van der Waals surface area contributed by atoms with Crippen LogP contribution in [-0.4, -0.2) is 32.2 Å². The maximum Gasteiger partial charge on any atom is 0.264 e. The number of amides is 1. The fourth-order valence-electron chi connectivity index (χ4n) is 2.72. The van der Waals surface area contributed by atoms with Gasteiger partial charge >= 0.3 is 0 Å². The van der Waals surface area contributed by atoms with E-state index in [9.17, 15) is 13.2 Å². The molecule has 5 nitrogen and oxygen atoms in total. The molecule has 0 bridgehead atoms. The first-order chi connectivity index (χ1) is 12.2. The zero-order valence-electron chi connectivity index (χ0n) is 15.0. The van der Waals surface area contributed by atoms with E-state index in [0.29, 0.717) is 23.5 Å². The molecule has 1 N–H and O–H groups in total. The summed E-state index contributed by atoms with van der Waals surface area (Å²) in [6, 6.07) is 13.6. The Balaban J connectivity index is 2.01. The number of nitrogens with zero attached hydrogens (tertiary/aromatic N) is 1. The Kier molecular flexibility index (Phi) is 5.03. The molecule has 1 aliphatic rings. The minimum atomic E-state index is -3.66. The lowest BCUT2D eigenvalue weighted by Crippen LogP contribution is -2.41. The normalized spacial score (nSPS) is 14.7. The lowest BCUT2D eigenvalue weighted by atomic mass is 10.1. The van der Waals surface area contributed by atoms with Gasteiger partial charge in [0, 0.05) is 28.3 Å². The molecule has 3 rings (SSSR count). The number of hydrogen-bond acceptors (Lipinski definition) is 4. The Bertz CT molecular complexity index is 920. The Morgan fingerprint density at radius 2 is 1.81 bits per heavy atom. The van der Waals surface area contributed by atoms with Crippen LogP contribution in [0.4, 0.5) is 5.69 Å². The third-order valence-electron chi connectivity index (χ3n) is 3.86. The van der Waals surface area contributed by atoms with E-state index in [1.165, 1.54) is 4.31 Å². The van der Waals surface area contributed by atoms with Crippen molar-refractivity contribution in [3.05, 3.63) is 54.1 Å². The van der Waals surface area contributed by atoms with E-state index in [1.807, 2.05) is 26.8 Å². The van der Waals surface area contributed by atoms with E-state index in [1.54, 1.807) is 54.2 Å². The smallest absolute Gasteiger partial charge is 0.264 e. The number of rotatable bonds is 3. The zero-order chi connectivity index (χ0) is 18.9. The van der Waals surface area contributed by atoms with Gasteiger partial charge in [-0.1, -0.05) is 18.2 Å². The third-order valence-corrected chi connectivity index (χ3v) is 6.73. The van der Waals surface area contributed by atoms with Crippen LogP contribution in [0.3, 0.4) is 0 Å². The molecule has 1 aliphatic heterocycles. The lowest BCUT2D eigenvalue weighted by Gasteiger charge is -2.30. The van der Waals surface area contributed by atoms with Crippen molar-refractivity contribution in [1.29, 1.82) is 0 Å². The summed E-state index contributed by atoms with van der Waals surface area (Å²) in [5, 5.41) is 2.91. The Labute approximate surface area is 158 Å². The molecule has 0 saturated carbocycles. The van der Waals surface area contributed by atoms with Crippen molar-refractivity contribution in [2.24, 2.45) is 0 Å². The first-order valence-electron chi connectivity index (χ1n) is 8.36. The van der Waals surface area contributed by atoms with Crippen LogP contribution in [0.5, 0.6) is 0 Å². The van der Waals surface area contributed by atoms with Crippen molar-refractivity contribution in [2.75, 3.05) is 16.6 Å². The third kappa shape index (κ3) is 3.88. The molecule has 26 heavy (non-hydrogen) atoms. The van der Waals surface area contributed by atoms with E-state index < -0.39 is 10.0 Å². The number of anilines is 1. The quantitative estimate of drug-likeness (QED) is 0.871. The highest BCUT2D eigenvalue weighted by atomic mass is 32.2. The molecule has 0 fully saturated rings. The lowest BCUT2D eigenvalue weighted by molar-refractivity contribution is 0.0919. The molecule has 7 heteroatoms. The predicted molar refractivity (Wildman–Crippen MR) is 105 cm³/mol. The minimum Gasteiger partial charge on any atom is -0.347 e. The number of thioether (sulfide) groups is 1. The van der Waals surface area contributed by atoms with Gasteiger partial charge < -0.3 is 5.32 Å². The molecule has 0 atom stereocenters. The van der Waals surface area contributed by atoms with Crippen LogP contribution in [0.25, 0.3) is 0 Å². The largest absolute Gasteiger partial charge is 0.347 e. The average Bonchev–Trinajstić information content (AvgIpc) is 2.60. The molecule has 0 radical (unpaired) electrons. The van der Waals surface area contributed by atoms with Crippen molar-refractivity contribution in [1.82, 2.24) is 5.32 Å². The summed E-state index contributed by atoms with van der Waals surface area (Å²) in [4.78, 5) is 13.6. The molecule has 2 aromatic rings. The topological polar surface area (TPSA) is 66.5 Å². The summed E-state index contributed by atoms with van der Waals surface area (Å²) in [6.45, 7) is 6.10. The number of carbonyl (C=O) groups is 1. The number of carbonyl (C=O) groups excluding carboxylic acids is 1. The average molecular weight is 391 g/mol. The summed E-state index contributed by atoms with van der Waals surface area (Å²) < 4.78 is 27.6. The van der Waals surface area contributed by atoms with E-state index in [-0.39, 0.29) is 16.3 Å². The second kappa shape index (κ2) is 6.96. The van der Waals surface area contributed by atoms with Crippen molar-refractivity contribution < 1.29 is 13.2 Å². The van der Waals surface area contributed by atoms with Gasteiger partial charge in [-0.15, -0.1) is 11.8 Å². The van der Waals surface area contributed by atoms with Gasteiger partial charge in [-0.3, -0.25) is 9.10 Å². The van der Waals surface area contributed by atoms with Crippen molar-refractivity contribution in [3.8, 4) is 0 Å². The van der Waals surface area contributed by atoms with Gasteiger partial charge in [-0.25, -0.2) is 8.42 Å². The van der Waals surface area contributed by atoms with Gasteiger partial charge in [0.05, 0.1) is 10.6 Å². The zero-order valence-corrected chi connectivity index (χ0v) is 16.7. The van der Waals surface area contributed by atoms with Gasteiger partial charge in [0.15, 0.2) is 0 Å². The standard InChI is InChI=1S/C19H22N2O3S2/c1-19(2,3)20-18(22)14-9-10-17-16(13-14)21(11-12-25-17)26(23,24)15-7-5-4-6-8-15/h4-10,13H,11-12H2,1-3H3,(H,20,22). The Morgan fingerprint density at radius 1 is 1.12 bits per heavy atom. The molecule has 2 aromatic carbocycles. The number of sulfonamides is 1. The molecule has 138 valence electrons. The predicted octanol–water partition coefficient (Wildman–Crippen LogP) is 3.52. The molecule has 0 unspecified atom stereocenters. The summed E-state index contributed by atoms with van der Waals surface area (Å²) >= 11 is 1.60. The summed E-state index contributed by atoms with van der Waals surface area (Å²) in [5.41, 5.74) is 0.651. The highest BCUT2D eigenvalue weighted by molar-refractivity contribution is 8.00. The highest BCUT2D eigenvalue weighted by Crippen LogP contribution is 2.38. The number of hydrogen-bond donors (Lipinski definition) is 1. The van der Waals surface area contributed by atoms with Gasteiger partial charge in [0.1, 0.15) is 0 Å². The fraction of sp³-hybridized carbons (Fsp3) is 0.316. The van der Waals surface area contributed by atoms with Crippen molar-refractivity contribution >= 4 is 33.4 Å². The van der Waals surface area contributed by atoms with Gasteiger partial charge in [0.2, 0.25) is 0 Å². The number of benzene rings is 2. The SMILES string of the molecule is CC(C)(C)NC(=O)c1ccc2c(c1)N(S(=O)(=O)c1ccccc1)CCS2. The maximum absolute atomic E-state index is 13.1. The summed E-state index contributed by atoms with van der Waals surface area (Å²) in [5.74, 6) is 0.458. The summed E-state index contributed by atoms with van der Waals surface area (Å²) in [7, 11) is -3.66. The number of fused-ring (bicyclic) bond motifs is 1. The van der Waals surface area contributed by atoms with Crippen molar-refractivity contribution in [3.63, 3.8) is 0 Å². The minimum absolute atomic E-state index is 0.215. The van der Waals surface area contributed by atoms with Crippen LogP contribution < -0.4 is 9.62 Å². The highest BCUT2D eigenvalue weighted by Gasteiger charge is 2.30. The fourth-order valence-corrected chi connectivity index (χ4v) is 5.36. The van der Waals surface area contributed by atoms with Crippen LogP contribution in [-0.2, 0) is 10.0 Å². The first-order valence-corrected chi connectivity index (χ1v) is 10.8.